The highest BCUT2D eigenvalue weighted by Crippen LogP contribution is 2.14. The molecule has 4 N–H and O–H groups in total. The van der Waals surface area contributed by atoms with Crippen molar-refractivity contribution in [2.45, 2.75) is 20.1 Å². The SMILES string of the molecule is Cc1c(OCc2ccccc2)c(=O)ccn1CCN(CCN)CCN. The van der Waals surface area contributed by atoms with Gasteiger partial charge in [-0.05, 0) is 12.5 Å². The second kappa shape index (κ2) is 9.98. The quantitative estimate of drug-likeness (QED) is 0.670. The van der Waals surface area contributed by atoms with E-state index in [4.69, 9.17) is 16.2 Å². The van der Waals surface area contributed by atoms with E-state index in [0.717, 1.165) is 37.4 Å². The van der Waals surface area contributed by atoms with Gasteiger partial charge in [0.1, 0.15) is 6.61 Å². The lowest BCUT2D eigenvalue weighted by Crippen LogP contribution is -2.36. The Labute approximate surface area is 149 Å². The fourth-order valence-corrected chi connectivity index (χ4v) is 2.75. The molecule has 2 rings (SSSR count). The predicted molar refractivity (Wildman–Crippen MR) is 101 cm³/mol. The molecule has 136 valence electrons. The Morgan fingerprint density at radius 3 is 2.36 bits per heavy atom. The van der Waals surface area contributed by atoms with E-state index in [1.54, 1.807) is 6.07 Å². The summed E-state index contributed by atoms with van der Waals surface area (Å²) in [5, 5.41) is 0. The van der Waals surface area contributed by atoms with Crippen LogP contribution in [0.25, 0.3) is 0 Å². The van der Waals surface area contributed by atoms with Crippen molar-refractivity contribution < 1.29 is 4.74 Å². The first-order chi connectivity index (χ1) is 12.2. The van der Waals surface area contributed by atoms with Crippen LogP contribution in [0.15, 0.2) is 47.4 Å². The molecule has 0 aliphatic rings. The van der Waals surface area contributed by atoms with Gasteiger partial charge in [-0.25, -0.2) is 0 Å². The maximum absolute atomic E-state index is 12.2. The van der Waals surface area contributed by atoms with Gasteiger partial charge in [-0.1, -0.05) is 30.3 Å². The molecule has 0 atom stereocenters. The maximum Gasteiger partial charge on any atom is 0.223 e. The summed E-state index contributed by atoms with van der Waals surface area (Å²) in [4.78, 5) is 14.4. The second-order valence-electron chi connectivity index (χ2n) is 5.98. The molecule has 0 spiro atoms. The molecule has 0 aliphatic heterocycles. The van der Waals surface area contributed by atoms with Crippen LogP contribution in [0.2, 0.25) is 0 Å². The molecule has 2 aromatic rings. The normalized spacial score (nSPS) is 11.0. The van der Waals surface area contributed by atoms with Crippen molar-refractivity contribution >= 4 is 0 Å². The molecule has 0 unspecified atom stereocenters. The smallest absolute Gasteiger partial charge is 0.223 e. The molecule has 6 heteroatoms. The molecular weight excluding hydrogens is 316 g/mol. The molecule has 0 saturated heterocycles. The number of ether oxygens (including phenoxy) is 1. The van der Waals surface area contributed by atoms with Gasteiger partial charge in [0.25, 0.3) is 0 Å². The summed E-state index contributed by atoms with van der Waals surface area (Å²) >= 11 is 0. The minimum atomic E-state index is -0.0922. The van der Waals surface area contributed by atoms with Crippen molar-refractivity contribution in [3.8, 4) is 5.75 Å². The van der Waals surface area contributed by atoms with Crippen LogP contribution in [-0.4, -0.2) is 42.2 Å². The number of nitrogens with zero attached hydrogens (tertiary/aromatic N) is 2. The first kappa shape index (κ1) is 19.2. The van der Waals surface area contributed by atoms with Gasteiger partial charge < -0.3 is 20.8 Å². The Morgan fingerprint density at radius 2 is 1.72 bits per heavy atom. The lowest BCUT2D eigenvalue weighted by Gasteiger charge is -2.22. The van der Waals surface area contributed by atoms with Gasteiger partial charge in [0.15, 0.2) is 5.75 Å². The molecule has 0 aliphatic carbocycles. The van der Waals surface area contributed by atoms with Crippen molar-refractivity contribution in [1.29, 1.82) is 0 Å². The Balaban J connectivity index is 2.06. The van der Waals surface area contributed by atoms with Crippen LogP contribution in [0.4, 0.5) is 0 Å². The van der Waals surface area contributed by atoms with Gasteiger partial charge in [-0.2, -0.15) is 0 Å². The van der Waals surface area contributed by atoms with Crippen molar-refractivity contribution in [3.05, 3.63) is 64.1 Å². The molecule has 0 bridgehead atoms. The zero-order valence-corrected chi connectivity index (χ0v) is 14.9. The first-order valence-electron chi connectivity index (χ1n) is 8.65. The summed E-state index contributed by atoms with van der Waals surface area (Å²) in [6, 6.07) is 11.4. The van der Waals surface area contributed by atoms with E-state index in [-0.39, 0.29) is 5.43 Å². The Bertz CT molecular complexity index is 694. The van der Waals surface area contributed by atoms with E-state index in [9.17, 15) is 4.79 Å². The van der Waals surface area contributed by atoms with Crippen molar-refractivity contribution in [2.75, 3.05) is 32.7 Å². The fraction of sp³-hybridized carbons (Fsp3) is 0.421. The molecule has 1 heterocycles. The van der Waals surface area contributed by atoms with E-state index in [1.165, 1.54) is 0 Å². The highest BCUT2D eigenvalue weighted by molar-refractivity contribution is 5.28. The fourth-order valence-electron chi connectivity index (χ4n) is 2.75. The number of benzene rings is 1. The zero-order valence-electron chi connectivity index (χ0n) is 14.9. The topological polar surface area (TPSA) is 86.5 Å². The molecule has 25 heavy (non-hydrogen) atoms. The van der Waals surface area contributed by atoms with Crippen LogP contribution >= 0.6 is 0 Å². The lowest BCUT2D eigenvalue weighted by molar-refractivity contribution is 0.271. The first-order valence-corrected chi connectivity index (χ1v) is 8.65. The summed E-state index contributed by atoms with van der Waals surface area (Å²) in [7, 11) is 0. The number of rotatable bonds is 10. The third kappa shape index (κ3) is 5.70. The summed E-state index contributed by atoms with van der Waals surface area (Å²) < 4.78 is 7.85. The van der Waals surface area contributed by atoms with Crippen molar-refractivity contribution in [2.24, 2.45) is 11.5 Å². The molecule has 1 aromatic carbocycles. The van der Waals surface area contributed by atoms with Gasteiger partial charge in [0.05, 0.1) is 5.69 Å². The van der Waals surface area contributed by atoms with Crippen LogP contribution in [0, 0.1) is 6.92 Å². The Hall–Kier alpha value is -2.15. The van der Waals surface area contributed by atoms with Gasteiger partial charge >= 0.3 is 0 Å². The average Bonchev–Trinajstić information content (AvgIpc) is 2.62. The minimum Gasteiger partial charge on any atom is -0.483 e. The maximum atomic E-state index is 12.2. The molecule has 0 radical (unpaired) electrons. The number of hydrogen-bond acceptors (Lipinski definition) is 5. The highest BCUT2D eigenvalue weighted by atomic mass is 16.5. The van der Waals surface area contributed by atoms with Crippen LogP contribution in [0.3, 0.4) is 0 Å². The summed E-state index contributed by atoms with van der Waals surface area (Å²) in [5.74, 6) is 0.413. The van der Waals surface area contributed by atoms with Gasteiger partial charge in [0, 0.05) is 51.5 Å². The monoisotopic (exact) mass is 344 g/mol. The molecule has 0 saturated carbocycles. The summed E-state index contributed by atoms with van der Waals surface area (Å²) in [6.45, 7) is 6.72. The third-order valence-corrected chi connectivity index (χ3v) is 4.16. The standard InChI is InChI=1S/C19H28N4O2/c1-16-19(25-15-17-5-3-2-4-6-17)18(24)7-10-23(16)14-13-22(11-8-20)12-9-21/h2-7,10H,8-9,11-15,20-21H2,1H3. The van der Waals surface area contributed by atoms with E-state index in [1.807, 2.05) is 48.0 Å². The molecule has 0 amide bonds. The molecule has 1 aromatic heterocycles. The lowest BCUT2D eigenvalue weighted by atomic mass is 10.2. The second-order valence-corrected chi connectivity index (χ2v) is 5.98. The Kier molecular flexibility index (Phi) is 7.66. The van der Waals surface area contributed by atoms with Crippen LogP contribution in [0.5, 0.6) is 5.75 Å². The van der Waals surface area contributed by atoms with Crippen LogP contribution in [-0.2, 0) is 13.2 Å². The van der Waals surface area contributed by atoms with E-state index >= 15 is 0 Å². The van der Waals surface area contributed by atoms with E-state index in [2.05, 4.69) is 4.90 Å². The largest absolute Gasteiger partial charge is 0.483 e. The third-order valence-electron chi connectivity index (χ3n) is 4.16. The zero-order chi connectivity index (χ0) is 18.1. The van der Waals surface area contributed by atoms with Crippen molar-refractivity contribution in [1.82, 2.24) is 9.47 Å². The molecule has 0 fully saturated rings. The number of aromatic nitrogens is 1. The van der Waals surface area contributed by atoms with E-state index < -0.39 is 0 Å². The highest BCUT2D eigenvalue weighted by Gasteiger charge is 2.10. The Morgan fingerprint density at radius 1 is 1.04 bits per heavy atom. The minimum absolute atomic E-state index is 0.0922. The van der Waals surface area contributed by atoms with Crippen LogP contribution < -0.4 is 21.6 Å². The summed E-state index contributed by atoms with van der Waals surface area (Å²) in [5.41, 5.74) is 13.1. The van der Waals surface area contributed by atoms with Gasteiger partial charge in [-0.15, -0.1) is 0 Å². The number of nitrogens with two attached hydrogens (primary N) is 2. The number of hydrogen-bond donors (Lipinski definition) is 2. The predicted octanol–water partition coefficient (Wildman–Crippen LogP) is 0.955. The van der Waals surface area contributed by atoms with Gasteiger partial charge in [-0.3, -0.25) is 9.69 Å². The van der Waals surface area contributed by atoms with Gasteiger partial charge in [0.2, 0.25) is 5.43 Å². The van der Waals surface area contributed by atoms with Crippen molar-refractivity contribution in [3.63, 3.8) is 0 Å². The summed E-state index contributed by atoms with van der Waals surface area (Å²) in [6.07, 6.45) is 1.82. The average molecular weight is 344 g/mol. The number of pyridine rings is 1. The van der Waals surface area contributed by atoms with E-state index in [0.29, 0.717) is 25.4 Å². The van der Waals surface area contributed by atoms with Crippen LogP contribution in [0.1, 0.15) is 11.3 Å². The molecular formula is C19H28N4O2. The molecule has 6 nitrogen and oxygen atoms in total.